The molecule has 6 rings (SSSR count). The minimum Gasteiger partial charge on any atom is -0.463 e. The molecule has 4 bridgehead atoms. The highest BCUT2D eigenvalue weighted by molar-refractivity contribution is 5.82. The number of nitrogen functional groups attached to an aromatic ring is 1. The summed E-state index contributed by atoms with van der Waals surface area (Å²) >= 11 is 0. The van der Waals surface area contributed by atoms with E-state index in [2.05, 4.69) is 73.4 Å². The van der Waals surface area contributed by atoms with Crippen LogP contribution >= 0.6 is 0 Å². The number of rotatable bonds is 5. The fourth-order valence-electron chi connectivity index (χ4n) is 4.80. The minimum atomic E-state index is 0.283. The predicted octanol–water partition coefficient (Wildman–Crippen LogP) is 5.08. The maximum Gasteiger partial charge on any atom is 0.320 e. The number of aromatic nitrogens is 4. The van der Waals surface area contributed by atoms with Crippen LogP contribution in [0.3, 0.4) is 0 Å². The molecule has 1 aliphatic heterocycles. The van der Waals surface area contributed by atoms with E-state index in [1.807, 2.05) is 13.0 Å². The van der Waals surface area contributed by atoms with Crippen molar-refractivity contribution in [1.82, 2.24) is 24.8 Å². The van der Waals surface area contributed by atoms with E-state index in [1.54, 1.807) is 0 Å². The lowest BCUT2D eigenvalue weighted by Gasteiger charge is -2.26. The van der Waals surface area contributed by atoms with E-state index < -0.39 is 0 Å². The predicted molar refractivity (Wildman–Crippen MR) is 144 cm³/mol. The first-order chi connectivity index (χ1) is 18.1. The van der Waals surface area contributed by atoms with Crippen LogP contribution in [0.5, 0.6) is 17.5 Å². The second-order valence-corrected chi connectivity index (χ2v) is 9.82. The maximum atomic E-state index is 6.42. The van der Waals surface area contributed by atoms with Crippen LogP contribution in [-0.4, -0.2) is 32.2 Å². The van der Waals surface area contributed by atoms with Crippen LogP contribution in [-0.2, 0) is 19.5 Å². The zero-order valence-corrected chi connectivity index (χ0v) is 21.1. The van der Waals surface area contributed by atoms with E-state index in [0.29, 0.717) is 36.2 Å². The summed E-state index contributed by atoms with van der Waals surface area (Å²) in [6, 6.07) is 15.7. The highest BCUT2D eigenvalue weighted by atomic mass is 16.5. The number of nitrogens with two attached hydrogens (primary N) is 1. The molecule has 37 heavy (non-hydrogen) atoms. The van der Waals surface area contributed by atoms with Crippen molar-refractivity contribution in [2.24, 2.45) is 0 Å². The van der Waals surface area contributed by atoms with Crippen LogP contribution in [0.4, 0.5) is 5.82 Å². The zero-order chi connectivity index (χ0) is 25.2. The molecule has 0 unspecified atom stereocenters. The van der Waals surface area contributed by atoms with Gasteiger partial charge < -0.3 is 25.1 Å². The van der Waals surface area contributed by atoms with Gasteiger partial charge >= 0.3 is 6.01 Å². The van der Waals surface area contributed by atoms with E-state index in [4.69, 9.17) is 15.2 Å². The topological polar surface area (TPSA) is 100 Å². The van der Waals surface area contributed by atoms with Crippen LogP contribution in [0.25, 0.3) is 11.2 Å². The molecule has 2 aromatic heterocycles. The quantitative estimate of drug-likeness (QED) is 0.372. The number of aryl methyl sites for hydroxylation is 1. The molecule has 8 nitrogen and oxygen atoms in total. The van der Waals surface area contributed by atoms with Gasteiger partial charge in [-0.3, -0.25) is 0 Å². The zero-order valence-electron chi connectivity index (χ0n) is 21.1. The van der Waals surface area contributed by atoms with Gasteiger partial charge in [0.1, 0.15) is 17.3 Å². The van der Waals surface area contributed by atoms with Gasteiger partial charge in [-0.15, -0.1) is 0 Å². The summed E-state index contributed by atoms with van der Waals surface area (Å²) in [5.41, 5.74) is 11.0. The Morgan fingerprint density at radius 2 is 2.03 bits per heavy atom. The highest BCUT2D eigenvalue weighted by Gasteiger charge is 2.18. The van der Waals surface area contributed by atoms with Crippen molar-refractivity contribution in [2.45, 2.75) is 58.2 Å². The average molecular weight is 497 g/mol. The number of nitrogens with zero attached hydrogens (tertiary/aromatic N) is 4. The second kappa shape index (κ2) is 10.2. The van der Waals surface area contributed by atoms with Crippen molar-refractivity contribution in [2.75, 3.05) is 12.3 Å². The van der Waals surface area contributed by atoms with Crippen molar-refractivity contribution in [1.29, 1.82) is 0 Å². The van der Waals surface area contributed by atoms with Crippen molar-refractivity contribution in [3.63, 3.8) is 0 Å². The van der Waals surface area contributed by atoms with Crippen LogP contribution in [0.15, 0.2) is 54.6 Å². The first-order valence-corrected chi connectivity index (χ1v) is 13.0. The van der Waals surface area contributed by atoms with Gasteiger partial charge in [0.15, 0.2) is 17.0 Å². The molecule has 4 aromatic rings. The number of ether oxygens (including phenoxy) is 2. The van der Waals surface area contributed by atoms with Gasteiger partial charge in [0.05, 0.1) is 13.2 Å². The number of hydrogen-bond donors (Lipinski definition) is 2. The van der Waals surface area contributed by atoms with Gasteiger partial charge in [-0.2, -0.15) is 9.97 Å². The molecule has 190 valence electrons. The number of allylic oxidation sites excluding steroid dienone is 1. The lowest BCUT2D eigenvalue weighted by atomic mass is 9.93. The average Bonchev–Trinajstić information content (AvgIpc) is 3.17. The van der Waals surface area contributed by atoms with E-state index in [9.17, 15) is 0 Å². The lowest BCUT2D eigenvalue weighted by molar-refractivity contribution is 0.300. The summed E-state index contributed by atoms with van der Waals surface area (Å²) in [4.78, 5) is 13.5. The number of hydrogen-bond acceptors (Lipinski definition) is 7. The van der Waals surface area contributed by atoms with Crippen molar-refractivity contribution >= 4 is 17.0 Å². The molecule has 0 atom stereocenters. The van der Waals surface area contributed by atoms with Crippen molar-refractivity contribution < 1.29 is 9.47 Å². The van der Waals surface area contributed by atoms with Crippen molar-refractivity contribution in [3.05, 3.63) is 77.1 Å². The number of imidazole rings is 1. The molecule has 8 heteroatoms. The summed E-state index contributed by atoms with van der Waals surface area (Å²) in [5.74, 6) is 2.88. The van der Waals surface area contributed by atoms with Gasteiger partial charge in [-0.1, -0.05) is 36.8 Å². The number of anilines is 1. The number of fused-ring (bicyclic) bond motifs is 3. The Balaban J connectivity index is 1.29. The van der Waals surface area contributed by atoms with E-state index in [1.165, 1.54) is 24.8 Å². The van der Waals surface area contributed by atoms with Crippen LogP contribution in [0.2, 0.25) is 0 Å². The van der Waals surface area contributed by atoms with Crippen LogP contribution < -0.4 is 20.5 Å². The van der Waals surface area contributed by atoms with Crippen LogP contribution in [0.1, 0.15) is 48.2 Å². The Morgan fingerprint density at radius 1 is 1.11 bits per heavy atom. The molecule has 0 spiro atoms. The molecule has 2 aromatic carbocycles. The molecule has 0 amide bonds. The normalized spacial score (nSPS) is 16.7. The highest BCUT2D eigenvalue weighted by Crippen LogP contribution is 2.30. The third kappa shape index (κ3) is 5.15. The Hall–Kier alpha value is -3.91. The van der Waals surface area contributed by atoms with Gasteiger partial charge in [0.2, 0.25) is 0 Å². The largest absolute Gasteiger partial charge is 0.463 e. The minimum absolute atomic E-state index is 0.283. The monoisotopic (exact) mass is 496 g/mol. The van der Waals surface area contributed by atoms with E-state index in [-0.39, 0.29) is 6.01 Å². The summed E-state index contributed by atoms with van der Waals surface area (Å²) in [6.07, 6.45) is 9.67. The summed E-state index contributed by atoms with van der Waals surface area (Å²) in [7, 11) is 0. The Kier molecular flexibility index (Phi) is 6.49. The molecule has 2 aliphatic rings. The smallest absolute Gasteiger partial charge is 0.320 e. The lowest BCUT2D eigenvalue weighted by Crippen LogP contribution is -2.34. The fourth-order valence-corrected chi connectivity index (χ4v) is 4.80. The van der Waals surface area contributed by atoms with Crippen molar-refractivity contribution in [3.8, 4) is 17.5 Å². The summed E-state index contributed by atoms with van der Waals surface area (Å²) in [5, 5.41) is 3.63. The molecule has 3 heterocycles. The summed E-state index contributed by atoms with van der Waals surface area (Å²) < 4.78 is 14.3. The van der Waals surface area contributed by atoms with Gasteiger partial charge in [-0.25, -0.2) is 4.98 Å². The standard InChI is InChI=1S/C29H32N6O2/c1-19-32-26-27(30)33-29-34-28(26)35(19)18-21-12-13-25(22(15-21)8-3-2-4-14-36-29)37-24-11-5-7-20(16-24)17-31-23-9-6-10-23/h2-3,5,7,11-13,15-16,23,31H,4,6,8-10,14,17-18H2,1H3,(H2,30,33,34)/b3-2-. The number of benzene rings is 2. The SMILES string of the molecule is Cc1nc2c(N)nc3nc2n1Cc1ccc(Oc2cccc(CNC4CCC4)c2)c(c1)C/C=C\CCO3. The molecule has 0 saturated heterocycles. The van der Waals surface area contributed by atoms with E-state index in [0.717, 1.165) is 47.8 Å². The third-order valence-corrected chi connectivity index (χ3v) is 7.10. The molecule has 1 saturated carbocycles. The first kappa shape index (κ1) is 23.5. The molecule has 1 fully saturated rings. The Morgan fingerprint density at radius 3 is 2.89 bits per heavy atom. The van der Waals surface area contributed by atoms with Gasteiger partial charge in [0, 0.05) is 12.6 Å². The molecular formula is C29H32N6O2. The Labute approximate surface area is 216 Å². The molecule has 1 aliphatic carbocycles. The fraction of sp³-hybridized carbons (Fsp3) is 0.345. The van der Waals surface area contributed by atoms with Crippen LogP contribution in [0, 0.1) is 6.92 Å². The summed E-state index contributed by atoms with van der Waals surface area (Å²) in [6.45, 7) is 3.91. The van der Waals surface area contributed by atoms with E-state index >= 15 is 0 Å². The second-order valence-electron chi connectivity index (χ2n) is 9.82. The maximum absolute atomic E-state index is 6.42. The molecule has 0 radical (unpaired) electrons. The van der Waals surface area contributed by atoms with Gasteiger partial charge in [-0.05, 0) is 73.6 Å². The molecular weight excluding hydrogens is 464 g/mol. The molecule has 3 N–H and O–H groups in total. The number of nitrogens with one attached hydrogen (secondary N) is 1. The first-order valence-electron chi connectivity index (χ1n) is 13.0. The van der Waals surface area contributed by atoms with Gasteiger partial charge in [0.25, 0.3) is 0 Å². The Bertz CT molecular complexity index is 1460. The third-order valence-electron chi connectivity index (χ3n) is 7.10.